The molecule has 2 fully saturated rings. The molecule has 0 radical (unpaired) electrons. The molecule has 3 nitrogen and oxygen atoms in total. The van der Waals surface area contributed by atoms with Crippen molar-refractivity contribution in [2.24, 2.45) is 11.8 Å². The summed E-state index contributed by atoms with van der Waals surface area (Å²) >= 11 is 0. The highest BCUT2D eigenvalue weighted by atomic mass is 16.1. The van der Waals surface area contributed by atoms with E-state index in [0.717, 1.165) is 38.3 Å². The molecular formula is C15H28N2O. The number of hydrogen-bond donors (Lipinski definition) is 2. The van der Waals surface area contributed by atoms with E-state index in [4.69, 9.17) is 0 Å². The maximum atomic E-state index is 11.9. The average molecular weight is 252 g/mol. The molecular weight excluding hydrogens is 224 g/mol. The summed E-state index contributed by atoms with van der Waals surface area (Å²) in [6, 6.07) is 0.394. The molecule has 3 heteroatoms. The summed E-state index contributed by atoms with van der Waals surface area (Å²) < 4.78 is 0. The van der Waals surface area contributed by atoms with Gasteiger partial charge < -0.3 is 10.6 Å². The summed E-state index contributed by atoms with van der Waals surface area (Å²) in [5.74, 6) is 1.75. The van der Waals surface area contributed by atoms with Gasteiger partial charge in [-0.15, -0.1) is 0 Å². The lowest BCUT2D eigenvalue weighted by molar-refractivity contribution is -0.122. The second-order valence-corrected chi connectivity index (χ2v) is 6.19. The van der Waals surface area contributed by atoms with Crippen molar-refractivity contribution in [3.63, 3.8) is 0 Å². The van der Waals surface area contributed by atoms with Crippen molar-refractivity contribution >= 4 is 5.91 Å². The van der Waals surface area contributed by atoms with Crippen LogP contribution in [-0.4, -0.2) is 25.0 Å². The Kier molecular flexibility index (Phi) is 5.48. The third-order valence-corrected chi connectivity index (χ3v) is 4.62. The number of carbonyl (C=O) groups excluding carboxylic acids is 1. The van der Waals surface area contributed by atoms with Gasteiger partial charge in [0.1, 0.15) is 0 Å². The van der Waals surface area contributed by atoms with E-state index in [2.05, 4.69) is 17.6 Å². The van der Waals surface area contributed by atoms with Gasteiger partial charge in [-0.3, -0.25) is 4.79 Å². The van der Waals surface area contributed by atoms with Crippen LogP contribution in [0.25, 0.3) is 0 Å². The minimum atomic E-state index is 0.270. The number of nitrogens with one attached hydrogen (secondary N) is 2. The third-order valence-electron chi connectivity index (χ3n) is 4.62. The third kappa shape index (κ3) is 4.27. The fourth-order valence-electron chi connectivity index (χ4n) is 3.36. The molecule has 1 saturated heterocycles. The Bertz CT molecular complexity index is 261. The van der Waals surface area contributed by atoms with Gasteiger partial charge in [0.15, 0.2) is 0 Å². The van der Waals surface area contributed by atoms with Crippen molar-refractivity contribution in [2.45, 2.75) is 64.3 Å². The van der Waals surface area contributed by atoms with Crippen LogP contribution in [0.4, 0.5) is 0 Å². The molecule has 2 N–H and O–H groups in total. The Balaban J connectivity index is 1.59. The van der Waals surface area contributed by atoms with Gasteiger partial charge in [-0.05, 0) is 44.2 Å². The number of carbonyl (C=O) groups is 1. The molecule has 1 aliphatic heterocycles. The Morgan fingerprint density at radius 1 is 1.28 bits per heavy atom. The lowest BCUT2D eigenvalue weighted by atomic mass is 9.95. The average Bonchev–Trinajstić information content (AvgIpc) is 2.85. The zero-order valence-corrected chi connectivity index (χ0v) is 11.7. The van der Waals surface area contributed by atoms with Crippen molar-refractivity contribution in [3.05, 3.63) is 0 Å². The number of amides is 1. The van der Waals surface area contributed by atoms with Gasteiger partial charge in [-0.25, -0.2) is 0 Å². The summed E-state index contributed by atoms with van der Waals surface area (Å²) in [6.07, 6.45) is 9.75. The molecule has 1 saturated carbocycles. The Labute approximate surface area is 111 Å². The molecule has 0 aromatic heterocycles. The van der Waals surface area contributed by atoms with E-state index in [-0.39, 0.29) is 5.91 Å². The summed E-state index contributed by atoms with van der Waals surface area (Å²) in [5.41, 5.74) is 0. The van der Waals surface area contributed by atoms with E-state index in [1.165, 1.54) is 32.1 Å². The Morgan fingerprint density at radius 2 is 2.06 bits per heavy atom. The Hall–Kier alpha value is -0.570. The molecule has 0 bridgehead atoms. The highest BCUT2D eigenvalue weighted by molar-refractivity contribution is 5.76. The second-order valence-electron chi connectivity index (χ2n) is 6.19. The largest absolute Gasteiger partial charge is 0.353 e. The number of piperidine rings is 1. The van der Waals surface area contributed by atoms with Crippen molar-refractivity contribution in [1.29, 1.82) is 0 Å². The van der Waals surface area contributed by atoms with Crippen LogP contribution < -0.4 is 10.6 Å². The van der Waals surface area contributed by atoms with Crippen LogP contribution in [0.5, 0.6) is 0 Å². The molecule has 104 valence electrons. The first-order valence-electron chi connectivity index (χ1n) is 7.76. The van der Waals surface area contributed by atoms with Gasteiger partial charge in [-0.1, -0.05) is 32.6 Å². The summed E-state index contributed by atoms with van der Waals surface area (Å²) in [5, 5.41) is 6.58. The van der Waals surface area contributed by atoms with Gasteiger partial charge in [0.2, 0.25) is 5.91 Å². The summed E-state index contributed by atoms with van der Waals surface area (Å²) in [6.45, 7) is 4.29. The summed E-state index contributed by atoms with van der Waals surface area (Å²) in [7, 11) is 0. The SMILES string of the molecule is CC1CNCCC1NC(=O)CCCC1CCCC1. The fourth-order valence-corrected chi connectivity index (χ4v) is 3.36. The molecule has 2 unspecified atom stereocenters. The molecule has 0 aromatic carbocycles. The van der Waals surface area contributed by atoms with Gasteiger partial charge >= 0.3 is 0 Å². The molecule has 1 aliphatic carbocycles. The van der Waals surface area contributed by atoms with Gasteiger partial charge in [-0.2, -0.15) is 0 Å². The van der Waals surface area contributed by atoms with E-state index in [1.54, 1.807) is 0 Å². The maximum absolute atomic E-state index is 11.9. The molecule has 18 heavy (non-hydrogen) atoms. The molecule has 0 spiro atoms. The molecule has 1 heterocycles. The van der Waals surface area contributed by atoms with E-state index in [0.29, 0.717) is 12.0 Å². The van der Waals surface area contributed by atoms with Gasteiger partial charge in [0.05, 0.1) is 0 Å². The minimum Gasteiger partial charge on any atom is -0.353 e. The van der Waals surface area contributed by atoms with Crippen LogP contribution in [0.2, 0.25) is 0 Å². The standard InChI is InChI=1S/C15H28N2O/c1-12-11-16-10-9-14(12)17-15(18)8-4-7-13-5-2-3-6-13/h12-14,16H,2-11H2,1H3,(H,17,18). The predicted octanol–water partition coefficient (Wildman–Crippen LogP) is 2.46. The normalized spacial score (nSPS) is 29.4. The quantitative estimate of drug-likeness (QED) is 0.789. The summed E-state index contributed by atoms with van der Waals surface area (Å²) in [4.78, 5) is 11.9. The van der Waals surface area contributed by atoms with Crippen molar-refractivity contribution in [3.8, 4) is 0 Å². The first-order chi connectivity index (χ1) is 8.75. The number of hydrogen-bond acceptors (Lipinski definition) is 2. The first kappa shape index (κ1) is 13.9. The molecule has 0 aromatic rings. The van der Waals surface area contributed by atoms with Crippen molar-refractivity contribution in [1.82, 2.24) is 10.6 Å². The van der Waals surface area contributed by atoms with Gasteiger partial charge in [0, 0.05) is 12.5 Å². The monoisotopic (exact) mass is 252 g/mol. The Morgan fingerprint density at radius 3 is 2.78 bits per heavy atom. The van der Waals surface area contributed by atoms with Crippen molar-refractivity contribution in [2.75, 3.05) is 13.1 Å². The number of rotatable bonds is 5. The topological polar surface area (TPSA) is 41.1 Å². The van der Waals surface area contributed by atoms with E-state index in [9.17, 15) is 4.79 Å². The highest BCUT2D eigenvalue weighted by Gasteiger charge is 2.22. The van der Waals surface area contributed by atoms with Crippen LogP contribution in [0.15, 0.2) is 0 Å². The van der Waals surface area contributed by atoms with Crippen molar-refractivity contribution < 1.29 is 4.79 Å². The molecule has 2 atom stereocenters. The predicted molar refractivity (Wildman–Crippen MR) is 74.4 cm³/mol. The highest BCUT2D eigenvalue weighted by Crippen LogP contribution is 2.28. The first-order valence-corrected chi connectivity index (χ1v) is 7.76. The van der Waals surface area contributed by atoms with E-state index in [1.807, 2.05) is 0 Å². The minimum absolute atomic E-state index is 0.270. The van der Waals surface area contributed by atoms with Gasteiger partial charge in [0.25, 0.3) is 0 Å². The van der Waals surface area contributed by atoms with Crippen LogP contribution in [-0.2, 0) is 4.79 Å². The van der Waals surface area contributed by atoms with E-state index >= 15 is 0 Å². The fraction of sp³-hybridized carbons (Fsp3) is 0.933. The second kappa shape index (κ2) is 7.13. The maximum Gasteiger partial charge on any atom is 0.220 e. The lowest BCUT2D eigenvalue weighted by Crippen LogP contribution is -2.48. The zero-order valence-electron chi connectivity index (χ0n) is 11.7. The smallest absolute Gasteiger partial charge is 0.220 e. The lowest BCUT2D eigenvalue weighted by Gasteiger charge is -2.30. The molecule has 2 aliphatic rings. The molecule has 1 amide bonds. The zero-order chi connectivity index (χ0) is 12.8. The van der Waals surface area contributed by atoms with Crippen LogP contribution in [0.1, 0.15) is 58.3 Å². The van der Waals surface area contributed by atoms with Crippen LogP contribution >= 0.6 is 0 Å². The van der Waals surface area contributed by atoms with E-state index < -0.39 is 0 Å². The van der Waals surface area contributed by atoms with Crippen LogP contribution in [0, 0.1) is 11.8 Å². The van der Waals surface area contributed by atoms with Crippen LogP contribution in [0.3, 0.4) is 0 Å². The molecule has 2 rings (SSSR count).